The Labute approximate surface area is 171 Å². The number of benzene rings is 2. The predicted octanol–water partition coefficient (Wildman–Crippen LogP) is 4.22. The van der Waals surface area contributed by atoms with Crippen LogP contribution in [0.4, 0.5) is 26.3 Å². The SMILES string of the molecule is NC(=O)C1(c2cccc(C(F)(F)F)c2)CC1c1cc(C(F)(F)F)ccc1-n1cncn1. The van der Waals surface area contributed by atoms with Gasteiger partial charge in [-0.25, -0.2) is 9.67 Å². The minimum absolute atomic E-state index is 0.00165. The largest absolute Gasteiger partial charge is 0.416 e. The molecule has 0 bridgehead atoms. The molecule has 1 amide bonds. The maximum absolute atomic E-state index is 13.3. The minimum atomic E-state index is -4.66. The third-order valence-electron chi connectivity index (χ3n) is 5.50. The summed E-state index contributed by atoms with van der Waals surface area (Å²) in [5.74, 6) is -1.78. The first-order valence-electron chi connectivity index (χ1n) is 8.98. The van der Waals surface area contributed by atoms with E-state index in [1.807, 2.05) is 0 Å². The second-order valence-corrected chi connectivity index (χ2v) is 7.28. The van der Waals surface area contributed by atoms with Crippen molar-refractivity contribution in [3.63, 3.8) is 0 Å². The first kappa shape index (κ1) is 20.9. The van der Waals surface area contributed by atoms with E-state index in [1.54, 1.807) is 0 Å². The molecule has 0 spiro atoms. The molecule has 1 aromatic heterocycles. The highest BCUT2D eigenvalue weighted by Gasteiger charge is 2.62. The Balaban J connectivity index is 1.86. The van der Waals surface area contributed by atoms with Crippen LogP contribution >= 0.6 is 0 Å². The summed E-state index contributed by atoms with van der Waals surface area (Å²) in [6.07, 6.45) is -6.89. The number of aromatic nitrogens is 3. The third kappa shape index (κ3) is 3.53. The van der Waals surface area contributed by atoms with Crippen molar-refractivity contribution >= 4 is 5.91 Å². The Hall–Kier alpha value is -3.37. The van der Waals surface area contributed by atoms with Gasteiger partial charge in [-0.15, -0.1) is 0 Å². The highest BCUT2D eigenvalue weighted by molar-refractivity contribution is 5.92. The fourth-order valence-corrected chi connectivity index (χ4v) is 3.90. The Morgan fingerprint density at radius 2 is 1.71 bits per heavy atom. The molecule has 162 valence electrons. The Kier molecular flexibility index (Phi) is 4.60. The number of nitrogens with two attached hydrogens (primary N) is 1. The molecule has 2 unspecified atom stereocenters. The predicted molar refractivity (Wildman–Crippen MR) is 96.0 cm³/mol. The lowest BCUT2D eigenvalue weighted by atomic mass is 9.88. The topological polar surface area (TPSA) is 73.8 Å². The van der Waals surface area contributed by atoms with Crippen LogP contribution in [-0.4, -0.2) is 20.7 Å². The fraction of sp³-hybridized carbons (Fsp3) is 0.250. The van der Waals surface area contributed by atoms with E-state index in [0.29, 0.717) is 0 Å². The molecule has 31 heavy (non-hydrogen) atoms. The molecule has 0 aliphatic heterocycles. The van der Waals surface area contributed by atoms with Crippen molar-refractivity contribution < 1.29 is 31.1 Å². The van der Waals surface area contributed by atoms with Gasteiger partial charge in [-0.05, 0) is 41.8 Å². The summed E-state index contributed by atoms with van der Waals surface area (Å²) >= 11 is 0. The van der Waals surface area contributed by atoms with E-state index in [-0.39, 0.29) is 23.2 Å². The number of nitrogens with zero attached hydrogens (tertiary/aromatic N) is 3. The molecule has 1 aliphatic rings. The van der Waals surface area contributed by atoms with Crippen LogP contribution in [0.25, 0.3) is 5.69 Å². The first-order chi connectivity index (χ1) is 14.4. The standard InChI is InChI=1S/C20H14F6N4O/c21-19(22,23)12-3-1-2-11(6-12)18(17(27)31)8-15(18)14-7-13(20(24,25)26)4-5-16(14)30-10-28-9-29-30/h1-7,9-10,15H,8H2,(H2,27,31). The summed E-state index contributed by atoms with van der Waals surface area (Å²) in [4.78, 5) is 16.2. The molecule has 5 nitrogen and oxygen atoms in total. The second kappa shape index (κ2) is 6.82. The molecule has 0 saturated heterocycles. The van der Waals surface area contributed by atoms with Crippen molar-refractivity contribution in [1.29, 1.82) is 0 Å². The lowest BCUT2D eigenvalue weighted by Gasteiger charge is -2.19. The molecule has 1 aliphatic carbocycles. The molecular formula is C20H14F6N4O. The van der Waals surface area contributed by atoms with Crippen LogP contribution in [0.3, 0.4) is 0 Å². The zero-order chi connectivity index (χ0) is 22.6. The molecule has 0 radical (unpaired) electrons. The van der Waals surface area contributed by atoms with Crippen molar-refractivity contribution in [1.82, 2.24) is 14.8 Å². The molecule has 2 N–H and O–H groups in total. The van der Waals surface area contributed by atoms with Gasteiger partial charge in [-0.3, -0.25) is 4.79 Å². The van der Waals surface area contributed by atoms with Gasteiger partial charge >= 0.3 is 12.4 Å². The van der Waals surface area contributed by atoms with Crippen LogP contribution < -0.4 is 5.73 Å². The Morgan fingerprint density at radius 1 is 1.03 bits per heavy atom. The lowest BCUT2D eigenvalue weighted by Crippen LogP contribution is -2.30. The van der Waals surface area contributed by atoms with Crippen LogP contribution in [0.2, 0.25) is 0 Å². The van der Waals surface area contributed by atoms with E-state index in [4.69, 9.17) is 5.73 Å². The smallest absolute Gasteiger partial charge is 0.369 e. The number of halogens is 6. The minimum Gasteiger partial charge on any atom is -0.369 e. The van der Waals surface area contributed by atoms with E-state index in [1.165, 1.54) is 29.5 Å². The highest BCUT2D eigenvalue weighted by atomic mass is 19.4. The summed E-state index contributed by atoms with van der Waals surface area (Å²) in [5, 5.41) is 3.92. The van der Waals surface area contributed by atoms with Gasteiger partial charge in [0, 0.05) is 5.92 Å². The zero-order valence-electron chi connectivity index (χ0n) is 15.6. The number of carbonyl (C=O) groups is 1. The number of hydrogen-bond acceptors (Lipinski definition) is 3. The number of amides is 1. The molecule has 3 aromatic rings. The van der Waals surface area contributed by atoms with Crippen molar-refractivity contribution in [2.24, 2.45) is 5.73 Å². The van der Waals surface area contributed by atoms with Gasteiger partial charge < -0.3 is 5.73 Å². The molecule has 2 atom stereocenters. The van der Waals surface area contributed by atoms with Gasteiger partial charge in [0.15, 0.2) is 0 Å². The summed E-state index contributed by atoms with van der Waals surface area (Å²) in [6.45, 7) is 0. The summed E-state index contributed by atoms with van der Waals surface area (Å²) in [7, 11) is 0. The third-order valence-corrected chi connectivity index (χ3v) is 5.50. The molecule has 1 heterocycles. The second-order valence-electron chi connectivity index (χ2n) is 7.28. The lowest BCUT2D eigenvalue weighted by molar-refractivity contribution is -0.138. The summed E-state index contributed by atoms with van der Waals surface area (Å²) < 4.78 is 80.7. The number of primary amides is 1. The average Bonchev–Trinajstić information content (AvgIpc) is 3.23. The van der Waals surface area contributed by atoms with E-state index < -0.39 is 40.7 Å². The van der Waals surface area contributed by atoms with E-state index >= 15 is 0 Å². The molecule has 1 saturated carbocycles. The average molecular weight is 440 g/mol. The molecule has 1 fully saturated rings. The van der Waals surface area contributed by atoms with Gasteiger partial charge in [0.05, 0.1) is 22.2 Å². The fourth-order valence-electron chi connectivity index (χ4n) is 3.90. The Bertz CT molecular complexity index is 1140. The van der Waals surface area contributed by atoms with Crippen molar-refractivity contribution in [2.75, 3.05) is 0 Å². The Morgan fingerprint density at radius 3 is 2.29 bits per heavy atom. The first-order valence-corrected chi connectivity index (χ1v) is 8.98. The summed E-state index contributed by atoms with van der Waals surface area (Å²) in [6, 6.07) is 7.04. The molecular weight excluding hydrogens is 426 g/mol. The van der Waals surface area contributed by atoms with E-state index in [9.17, 15) is 31.1 Å². The maximum Gasteiger partial charge on any atom is 0.416 e. The zero-order valence-corrected chi connectivity index (χ0v) is 15.6. The molecule has 2 aromatic carbocycles. The van der Waals surface area contributed by atoms with Gasteiger partial charge in [0.1, 0.15) is 12.7 Å². The maximum atomic E-state index is 13.3. The monoisotopic (exact) mass is 440 g/mol. The van der Waals surface area contributed by atoms with Crippen LogP contribution in [0.1, 0.15) is 34.6 Å². The van der Waals surface area contributed by atoms with Gasteiger partial charge in [-0.1, -0.05) is 18.2 Å². The number of alkyl halides is 6. The normalized spacial score (nSPS) is 21.2. The van der Waals surface area contributed by atoms with E-state index in [2.05, 4.69) is 10.1 Å². The van der Waals surface area contributed by atoms with Crippen LogP contribution in [0, 0.1) is 0 Å². The number of rotatable bonds is 4. The van der Waals surface area contributed by atoms with Crippen LogP contribution in [0.15, 0.2) is 55.1 Å². The number of carbonyl (C=O) groups excluding carboxylic acids is 1. The molecule has 11 heteroatoms. The van der Waals surface area contributed by atoms with Crippen LogP contribution in [-0.2, 0) is 22.6 Å². The van der Waals surface area contributed by atoms with Crippen molar-refractivity contribution in [3.05, 3.63) is 77.4 Å². The van der Waals surface area contributed by atoms with Gasteiger partial charge in [0.2, 0.25) is 5.91 Å². The van der Waals surface area contributed by atoms with Crippen molar-refractivity contribution in [3.8, 4) is 5.69 Å². The summed E-state index contributed by atoms with van der Waals surface area (Å²) in [5.41, 5.74) is 2.39. The highest BCUT2D eigenvalue weighted by Crippen LogP contribution is 2.62. The van der Waals surface area contributed by atoms with Crippen LogP contribution in [0.5, 0.6) is 0 Å². The molecule has 4 rings (SSSR count). The van der Waals surface area contributed by atoms with E-state index in [0.717, 1.165) is 30.3 Å². The quantitative estimate of drug-likeness (QED) is 0.618. The van der Waals surface area contributed by atoms with Crippen molar-refractivity contribution in [2.45, 2.75) is 30.1 Å². The van der Waals surface area contributed by atoms with Gasteiger partial charge in [-0.2, -0.15) is 31.4 Å². The van der Waals surface area contributed by atoms with Gasteiger partial charge in [0.25, 0.3) is 0 Å². The number of hydrogen-bond donors (Lipinski definition) is 1.